The number of piperidine rings is 1. The molecule has 2 aromatic rings. The number of benzene rings is 1. The summed E-state index contributed by atoms with van der Waals surface area (Å²) in [5, 5.41) is 13.4. The molecule has 0 saturated carbocycles. The Hall–Kier alpha value is -3.87. The third-order valence-electron chi connectivity index (χ3n) is 5.71. The van der Waals surface area contributed by atoms with Crippen molar-refractivity contribution in [1.29, 1.82) is 0 Å². The standard InChI is InChI=1S/C22H22N6O4/c1-3-4-11-22(26-27-22)12-10-18(30)24-15-7-5-6-14-19(15)23-13(2)28(21(14)32)16-8-9-17(29)25-20(16)31/h1,5-7,16H,4,8-12H2,2H3,(H,24,30)(H,25,29,31). The number of anilines is 1. The molecule has 0 spiro atoms. The van der Waals surface area contributed by atoms with Crippen LogP contribution in [0.1, 0.15) is 50.4 Å². The van der Waals surface area contributed by atoms with E-state index in [-0.39, 0.29) is 36.5 Å². The van der Waals surface area contributed by atoms with Gasteiger partial charge in [0.25, 0.3) is 5.56 Å². The van der Waals surface area contributed by atoms with E-state index in [1.807, 2.05) is 0 Å². The molecule has 1 fully saturated rings. The number of para-hydroxylation sites is 1. The lowest BCUT2D eigenvalue weighted by atomic mass is 10.0. The number of hydrogen-bond donors (Lipinski definition) is 2. The molecule has 1 unspecified atom stereocenters. The normalized spacial score (nSPS) is 18.8. The summed E-state index contributed by atoms with van der Waals surface area (Å²) in [6.45, 7) is 1.62. The summed E-state index contributed by atoms with van der Waals surface area (Å²) in [6.07, 6.45) is 7.48. The second-order valence-electron chi connectivity index (χ2n) is 7.94. The van der Waals surface area contributed by atoms with Gasteiger partial charge in [0.15, 0.2) is 5.66 Å². The zero-order valence-corrected chi connectivity index (χ0v) is 17.6. The molecule has 164 valence electrons. The number of rotatable bonds is 7. The first-order valence-corrected chi connectivity index (χ1v) is 10.4. The van der Waals surface area contributed by atoms with E-state index in [2.05, 4.69) is 31.8 Å². The van der Waals surface area contributed by atoms with Crippen LogP contribution in [0.5, 0.6) is 0 Å². The summed E-state index contributed by atoms with van der Waals surface area (Å²) in [6, 6.07) is 4.10. The minimum absolute atomic E-state index is 0.151. The van der Waals surface area contributed by atoms with Crippen LogP contribution in [-0.4, -0.2) is 32.9 Å². The number of hydrogen-bond acceptors (Lipinski definition) is 7. The van der Waals surface area contributed by atoms with Crippen molar-refractivity contribution >= 4 is 34.3 Å². The Morgan fingerprint density at radius 1 is 1.31 bits per heavy atom. The molecule has 1 saturated heterocycles. The number of nitrogens with zero attached hydrogens (tertiary/aromatic N) is 4. The van der Waals surface area contributed by atoms with Crippen LogP contribution in [-0.2, 0) is 14.4 Å². The van der Waals surface area contributed by atoms with Crippen LogP contribution in [0, 0.1) is 19.3 Å². The summed E-state index contributed by atoms with van der Waals surface area (Å²) in [7, 11) is 0. The molecule has 1 atom stereocenters. The Labute approximate surface area is 183 Å². The number of amides is 3. The fraction of sp³-hybridized carbons (Fsp3) is 0.409. The lowest BCUT2D eigenvalue weighted by Crippen LogP contribution is -2.45. The zero-order valence-electron chi connectivity index (χ0n) is 17.6. The molecule has 2 N–H and O–H groups in total. The molecular weight excluding hydrogens is 412 g/mol. The van der Waals surface area contributed by atoms with Crippen LogP contribution in [0.25, 0.3) is 10.9 Å². The Kier molecular flexibility index (Phi) is 5.57. The lowest BCUT2D eigenvalue weighted by Gasteiger charge is -2.24. The van der Waals surface area contributed by atoms with Crippen molar-refractivity contribution < 1.29 is 14.4 Å². The molecule has 10 nitrogen and oxygen atoms in total. The maximum atomic E-state index is 13.2. The van der Waals surface area contributed by atoms with E-state index < -0.39 is 23.2 Å². The van der Waals surface area contributed by atoms with Crippen LogP contribution in [0.3, 0.4) is 0 Å². The largest absolute Gasteiger partial charge is 0.324 e. The Balaban J connectivity index is 1.56. The highest BCUT2D eigenvalue weighted by molar-refractivity contribution is 6.01. The van der Waals surface area contributed by atoms with Gasteiger partial charge in [0.2, 0.25) is 17.7 Å². The second kappa shape index (κ2) is 8.34. The highest BCUT2D eigenvalue weighted by atomic mass is 16.2. The summed E-state index contributed by atoms with van der Waals surface area (Å²) in [5.74, 6) is 1.75. The third-order valence-corrected chi connectivity index (χ3v) is 5.71. The van der Waals surface area contributed by atoms with Gasteiger partial charge in [-0.2, -0.15) is 10.2 Å². The molecule has 4 rings (SSSR count). The molecule has 3 amide bonds. The van der Waals surface area contributed by atoms with Crippen molar-refractivity contribution in [3.63, 3.8) is 0 Å². The molecule has 2 aliphatic heterocycles. The lowest BCUT2D eigenvalue weighted by molar-refractivity contribution is -0.135. The van der Waals surface area contributed by atoms with Crippen molar-refractivity contribution in [2.45, 2.75) is 57.2 Å². The predicted molar refractivity (Wildman–Crippen MR) is 116 cm³/mol. The minimum Gasteiger partial charge on any atom is -0.324 e. The van der Waals surface area contributed by atoms with Crippen LogP contribution >= 0.6 is 0 Å². The van der Waals surface area contributed by atoms with Gasteiger partial charge in [0, 0.05) is 32.1 Å². The van der Waals surface area contributed by atoms with E-state index in [1.54, 1.807) is 25.1 Å². The van der Waals surface area contributed by atoms with Gasteiger partial charge < -0.3 is 5.32 Å². The van der Waals surface area contributed by atoms with Gasteiger partial charge in [-0.15, -0.1) is 12.3 Å². The average Bonchev–Trinajstić information content (AvgIpc) is 3.53. The van der Waals surface area contributed by atoms with E-state index in [4.69, 9.17) is 6.42 Å². The molecule has 0 aliphatic carbocycles. The Morgan fingerprint density at radius 2 is 2.09 bits per heavy atom. The van der Waals surface area contributed by atoms with Crippen LogP contribution in [0.2, 0.25) is 0 Å². The van der Waals surface area contributed by atoms with Crippen LogP contribution in [0.15, 0.2) is 33.2 Å². The number of fused-ring (bicyclic) bond motifs is 1. The number of nitrogens with one attached hydrogen (secondary N) is 2. The molecule has 1 aromatic carbocycles. The van der Waals surface area contributed by atoms with Crippen molar-refractivity contribution in [3.8, 4) is 12.3 Å². The highest BCUT2D eigenvalue weighted by Gasteiger charge is 2.39. The highest BCUT2D eigenvalue weighted by Crippen LogP contribution is 2.37. The van der Waals surface area contributed by atoms with E-state index in [1.165, 1.54) is 4.57 Å². The molecule has 2 aliphatic rings. The van der Waals surface area contributed by atoms with Gasteiger partial charge in [-0.1, -0.05) is 6.07 Å². The maximum absolute atomic E-state index is 13.2. The Morgan fingerprint density at radius 3 is 2.78 bits per heavy atom. The van der Waals surface area contributed by atoms with Crippen molar-refractivity contribution in [1.82, 2.24) is 14.9 Å². The van der Waals surface area contributed by atoms with E-state index in [0.717, 1.165) is 0 Å². The number of imide groups is 1. The number of carbonyl (C=O) groups excluding carboxylic acids is 3. The minimum atomic E-state index is -0.805. The maximum Gasteiger partial charge on any atom is 0.262 e. The Bertz CT molecular complexity index is 1250. The van der Waals surface area contributed by atoms with Gasteiger partial charge >= 0.3 is 0 Å². The molecule has 0 bridgehead atoms. The van der Waals surface area contributed by atoms with E-state index in [9.17, 15) is 19.2 Å². The summed E-state index contributed by atoms with van der Waals surface area (Å²) in [5.41, 5.74) is -0.199. The second-order valence-corrected chi connectivity index (χ2v) is 7.94. The summed E-state index contributed by atoms with van der Waals surface area (Å²) < 4.78 is 1.31. The van der Waals surface area contributed by atoms with Gasteiger partial charge in [-0.25, -0.2) is 4.98 Å². The van der Waals surface area contributed by atoms with Crippen LogP contribution in [0.4, 0.5) is 5.69 Å². The molecule has 32 heavy (non-hydrogen) atoms. The first kappa shape index (κ1) is 21.4. The smallest absolute Gasteiger partial charge is 0.262 e. The fourth-order valence-corrected chi connectivity index (χ4v) is 3.92. The first-order chi connectivity index (χ1) is 15.3. The first-order valence-electron chi connectivity index (χ1n) is 10.4. The topological polar surface area (TPSA) is 135 Å². The third kappa shape index (κ3) is 4.14. The number of terminal acetylenes is 1. The average molecular weight is 434 g/mol. The van der Waals surface area contributed by atoms with Gasteiger partial charge in [0.1, 0.15) is 17.4 Å². The van der Waals surface area contributed by atoms with Gasteiger partial charge in [-0.05, 0) is 25.5 Å². The van der Waals surface area contributed by atoms with Crippen LogP contribution < -0.4 is 16.2 Å². The zero-order chi connectivity index (χ0) is 22.9. The van der Waals surface area contributed by atoms with Crippen molar-refractivity contribution in [2.24, 2.45) is 10.2 Å². The SMILES string of the molecule is C#CCCC1(CCC(=O)Nc2cccc3c(=O)n(C4CCC(=O)NC4=O)c(C)nc23)N=N1. The van der Waals surface area contributed by atoms with E-state index >= 15 is 0 Å². The number of carbonyl (C=O) groups is 3. The quantitative estimate of drug-likeness (QED) is 0.507. The molecule has 3 heterocycles. The molecule has 1 aromatic heterocycles. The van der Waals surface area contributed by atoms with Gasteiger partial charge in [0.05, 0.1) is 11.1 Å². The summed E-state index contributed by atoms with van der Waals surface area (Å²) >= 11 is 0. The van der Waals surface area contributed by atoms with E-state index in [0.29, 0.717) is 36.3 Å². The summed E-state index contributed by atoms with van der Waals surface area (Å²) in [4.78, 5) is 54.0. The monoisotopic (exact) mass is 434 g/mol. The van der Waals surface area contributed by atoms with Crippen molar-refractivity contribution in [3.05, 3.63) is 34.4 Å². The fourth-order valence-electron chi connectivity index (χ4n) is 3.92. The molecular formula is C22H22N6O4. The van der Waals surface area contributed by atoms with Gasteiger partial charge in [-0.3, -0.25) is 29.1 Å². The molecule has 10 heteroatoms. The number of aryl methyl sites for hydroxylation is 1. The predicted octanol–water partition coefficient (Wildman–Crippen LogP) is 1.98. The van der Waals surface area contributed by atoms with Crippen molar-refractivity contribution in [2.75, 3.05) is 5.32 Å². The number of aromatic nitrogens is 2. The molecule has 0 radical (unpaired) electrons.